The minimum Gasteiger partial charge on any atom is -0.482 e. The summed E-state index contributed by atoms with van der Waals surface area (Å²) >= 11 is 0. The lowest BCUT2D eigenvalue weighted by molar-refractivity contribution is 0.145. The normalized spacial score (nSPS) is 10.5. The highest BCUT2D eigenvalue weighted by Gasteiger charge is 2.16. The Morgan fingerprint density at radius 1 is 1.54 bits per heavy atom. The molecule has 1 rings (SSSR count). The summed E-state index contributed by atoms with van der Waals surface area (Å²) in [5, 5.41) is 0. The van der Waals surface area contributed by atoms with Gasteiger partial charge in [0.1, 0.15) is 0 Å². The smallest absolute Gasteiger partial charge is 0.286 e. The quantitative estimate of drug-likeness (QED) is 0.772. The van der Waals surface area contributed by atoms with Gasteiger partial charge < -0.3 is 4.74 Å². The third-order valence-corrected chi connectivity index (χ3v) is 1.43. The second-order valence-corrected chi connectivity index (χ2v) is 2.24. The van der Waals surface area contributed by atoms with Gasteiger partial charge in [-0.1, -0.05) is 0 Å². The lowest BCUT2D eigenvalue weighted by Gasteiger charge is -2.05. The van der Waals surface area contributed by atoms with Gasteiger partial charge in [-0.3, -0.25) is 9.78 Å². The number of hydrogen-bond acceptors (Lipinski definition) is 2. The van der Waals surface area contributed by atoms with Gasteiger partial charge in [-0.2, -0.15) is 0 Å². The molecule has 0 aliphatic rings. The Bertz CT molecular complexity index is 361. The molecule has 0 saturated carbocycles. The van der Waals surface area contributed by atoms with E-state index in [0.29, 0.717) is 6.07 Å². The largest absolute Gasteiger partial charge is 0.482 e. The number of methoxy groups -OCH3 is 1. The van der Waals surface area contributed by atoms with Crippen LogP contribution in [0.4, 0.5) is 13.2 Å². The van der Waals surface area contributed by atoms with E-state index in [2.05, 4.69) is 4.74 Å². The summed E-state index contributed by atoms with van der Waals surface area (Å²) in [5.74, 6) is -1.67. The predicted octanol–water partition coefficient (Wildman–Crippen LogP) is 1.46. The highest BCUT2D eigenvalue weighted by Crippen LogP contribution is 2.25. The standard InChI is InChI=1S/C7H6F3NO2/c1-13-7-3(5(9)10)2-4(8)6(12)11-7/h2,5H,1H3,(H,11,12). The molecule has 0 atom stereocenters. The maximum Gasteiger partial charge on any atom is 0.286 e. The fraction of sp³-hybridized carbons (Fsp3) is 0.286. The molecule has 1 aromatic heterocycles. The third-order valence-electron chi connectivity index (χ3n) is 1.43. The second kappa shape index (κ2) is 3.51. The van der Waals surface area contributed by atoms with Gasteiger partial charge in [-0.25, -0.2) is 13.2 Å². The number of H-pyrrole nitrogens is 1. The van der Waals surface area contributed by atoms with E-state index in [0.717, 1.165) is 7.11 Å². The van der Waals surface area contributed by atoms with E-state index in [1.807, 2.05) is 4.98 Å². The monoisotopic (exact) mass is 193 g/mol. The molecule has 3 nitrogen and oxygen atoms in total. The van der Waals surface area contributed by atoms with Crippen molar-refractivity contribution in [3.8, 4) is 5.88 Å². The topological polar surface area (TPSA) is 42.1 Å². The summed E-state index contributed by atoms with van der Waals surface area (Å²) in [6.07, 6.45) is -2.89. The Balaban J connectivity index is 3.33. The summed E-state index contributed by atoms with van der Waals surface area (Å²) in [4.78, 5) is 12.5. The van der Waals surface area contributed by atoms with Gasteiger partial charge in [0.15, 0.2) is 5.82 Å². The molecule has 0 radical (unpaired) electrons. The number of halogens is 3. The van der Waals surface area contributed by atoms with Crippen LogP contribution in [0, 0.1) is 5.82 Å². The zero-order chi connectivity index (χ0) is 10.0. The van der Waals surface area contributed by atoms with E-state index in [4.69, 9.17) is 0 Å². The van der Waals surface area contributed by atoms with Crippen LogP contribution >= 0.6 is 0 Å². The van der Waals surface area contributed by atoms with Crippen LogP contribution in [0.1, 0.15) is 12.0 Å². The molecule has 0 amide bonds. The molecule has 0 fully saturated rings. The average Bonchev–Trinajstić information content (AvgIpc) is 2.08. The SMILES string of the molecule is COc1[nH]c(=O)c(F)cc1C(F)F. The van der Waals surface area contributed by atoms with Crippen molar-refractivity contribution in [1.29, 1.82) is 0 Å². The maximum absolute atomic E-state index is 12.5. The third kappa shape index (κ3) is 1.82. The van der Waals surface area contributed by atoms with Gasteiger partial charge in [-0.15, -0.1) is 0 Å². The van der Waals surface area contributed by atoms with Gasteiger partial charge in [0.2, 0.25) is 5.88 Å². The lowest BCUT2D eigenvalue weighted by Crippen LogP contribution is -2.13. The summed E-state index contributed by atoms with van der Waals surface area (Å²) in [6.45, 7) is 0. The number of pyridine rings is 1. The molecular weight excluding hydrogens is 187 g/mol. The molecule has 0 unspecified atom stereocenters. The Morgan fingerprint density at radius 2 is 2.15 bits per heavy atom. The number of aromatic nitrogens is 1. The van der Waals surface area contributed by atoms with Crippen LogP contribution in [0.2, 0.25) is 0 Å². The summed E-state index contributed by atoms with van der Waals surface area (Å²) in [6, 6.07) is 0.461. The molecule has 0 bridgehead atoms. The molecular formula is C7H6F3NO2. The maximum atomic E-state index is 12.5. The van der Waals surface area contributed by atoms with Gasteiger partial charge in [0.25, 0.3) is 12.0 Å². The molecule has 6 heteroatoms. The molecule has 0 saturated heterocycles. The van der Waals surface area contributed by atoms with E-state index in [1.54, 1.807) is 0 Å². The minimum atomic E-state index is -2.89. The highest BCUT2D eigenvalue weighted by molar-refractivity contribution is 5.27. The molecule has 0 spiro atoms. The highest BCUT2D eigenvalue weighted by atomic mass is 19.3. The van der Waals surface area contributed by atoms with Crippen molar-refractivity contribution < 1.29 is 17.9 Å². The number of alkyl halides is 2. The van der Waals surface area contributed by atoms with Gasteiger partial charge in [0.05, 0.1) is 12.7 Å². The van der Waals surface area contributed by atoms with Crippen molar-refractivity contribution in [2.24, 2.45) is 0 Å². The first-order chi connectivity index (χ1) is 6.06. The van der Waals surface area contributed by atoms with Crippen molar-refractivity contribution >= 4 is 0 Å². The van der Waals surface area contributed by atoms with Crippen LogP contribution in [0.3, 0.4) is 0 Å². The minimum absolute atomic E-state index is 0.415. The van der Waals surface area contributed by atoms with Crippen molar-refractivity contribution in [3.63, 3.8) is 0 Å². The number of aromatic amines is 1. The Labute approximate surface area is 71.2 Å². The number of ether oxygens (including phenoxy) is 1. The molecule has 0 aliphatic carbocycles. The Morgan fingerprint density at radius 3 is 2.62 bits per heavy atom. The molecule has 0 aromatic carbocycles. The van der Waals surface area contributed by atoms with Crippen molar-refractivity contribution in [2.75, 3.05) is 7.11 Å². The molecule has 1 heterocycles. The van der Waals surface area contributed by atoms with E-state index >= 15 is 0 Å². The number of nitrogens with one attached hydrogen (secondary N) is 1. The zero-order valence-corrected chi connectivity index (χ0v) is 6.61. The Kier molecular flexibility index (Phi) is 2.60. The molecule has 13 heavy (non-hydrogen) atoms. The first kappa shape index (κ1) is 9.63. The molecule has 72 valence electrons. The van der Waals surface area contributed by atoms with E-state index in [9.17, 15) is 18.0 Å². The van der Waals surface area contributed by atoms with Gasteiger partial charge >= 0.3 is 0 Å². The second-order valence-electron chi connectivity index (χ2n) is 2.24. The van der Waals surface area contributed by atoms with Crippen LogP contribution in [-0.4, -0.2) is 12.1 Å². The van der Waals surface area contributed by atoms with Gasteiger partial charge in [0, 0.05) is 0 Å². The van der Waals surface area contributed by atoms with E-state index in [1.165, 1.54) is 0 Å². The first-order valence-corrected chi connectivity index (χ1v) is 3.31. The van der Waals surface area contributed by atoms with Crippen molar-refractivity contribution in [3.05, 3.63) is 27.8 Å². The van der Waals surface area contributed by atoms with Crippen LogP contribution in [0.5, 0.6) is 5.88 Å². The average molecular weight is 193 g/mol. The summed E-state index contributed by atoms with van der Waals surface area (Å²) in [7, 11) is 1.11. The van der Waals surface area contributed by atoms with Crippen LogP contribution in [-0.2, 0) is 0 Å². The van der Waals surface area contributed by atoms with Gasteiger partial charge in [-0.05, 0) is 6.07 Å². The van der Waals surface area contributed by atoms with Crippen molar-refractivity contribution in [1.82, 2.24) is 4.98 Å². The van der Waals surface area contributed by atoms with Crippen LogP contribution in [0.15, 0.2) is 10.9 Å². The van der Waals surface area contributed by atoms with Crippen LogP contribution < -0.4 is 10.3 Å². The summed E-state index contributed by atoms with van der Waals surface area (Å²) in [5.41, 5.74) is -1.75. The molecule has 0 aliphatic heterocycles. The van der Waals surface area contributed by atoms with Crippen molar-refractivity contribution in [2.45, 2.75) is 6.43 Å². The molecule has 1 N–H and O–H groups in total. The molecule has 1 aromatic rings. The summed E-state index contributed by atoms with van der Waals surface area (Å²) < 4.78 is 41.3. The van der Waals surface area contributed by atoms with Crippen LogP contribution in [0.25, 0.3) is 0 Å². The predicted molar refractivity (Wildman–Crippen MR) is 38.5 cm³/mol. The fourth-order valence-electron chi connectivity index (χ4n) is 0.834. The first-order valence-electron chi connectivity index (χ1n) is 3.31. The fourth-order valence-corrected chi connectivity index (χ4v) is 0.834. The number of hydrogen-bond donors (Lipinski definition) is 1. The zero-order valence-electron chi connectivity index (χ0n) is 6.61. The lowest BCUT2D eigenvalue weighted by atomic mass is 10.3. The number of rotatable bonds is 2. The Hall–Kier alpha value is -1.46. The van der Waals surface area contributed by atoms with E-state index < -0.39 is 29.2 Å². The van der Waals surface area contributed by atoms with E-state index in [-0.39, 0.29) is 0 Å².